The molecule has 1 aromatic carbocycles. The second-order valence-electron chi connectivity index (χ2n) is 8.14. The molecule has 3 heterocycles. The van der Waals surface area contributed by atoms with Crippen molar-refractivity contribution in [2.24, 2.45) is 5.92 Å². The van der Waals surface area contributed by atoms with Crippen LogP contribution in [0.15, 0.2) is 30.3 Å². The lowest BCUT2D eigenvalue weighted by Gasteiger charge is -2.44. The fourth-order valence-corrected chi connectivity index (χ4v) is 4.71. The molecule has 146 valence electrons. The molecule has 27 heavy (non-hydrogen) atoms. The van der Waals surface area contributed by atoms with Gasteiger partial charge in [0.1, 0.15) is 6.10 Å². The number of para-hydroxylation sites is 1. The van der Waals surface area contributed by atoms with Gasteiger partial charge in [-0.25, -0.2) is 4.79 Å². The number of amides is 3. The first kappa shape index (κ1) is 18.3. The number of urea groups is 1. The zero-order chi connectivity index (χ0) is 18.9. The highest BCUT2D eigenvalue weighted by molar-refractivity contribution is 5.89. The normalized spacial score (nSPS) is 30.7. The van der Waals surface area contributed by atoms with Crippen LogP contribution in [0.25, 0.3) is 0 Å². The second kappa shape index (κ2) is 7.50. The topological polar surface area (TPSA) is 61.9 Å². The third-order valence-electron chi connectivity index (χ3n) is 6.41. The number of piperidine rings is 1. The molecule has 3 aliphatic heterocycles. The molecule has 0 bridgehead atoms. The number of likely N-dealkylation sites (tertiary alicyclic amines) is 2. The average Bonchev–Trinajstić information content (AvgIpc) is 3.35. The Hall–Kier alpha value is -2.08. The van der Waals surface area contributed by atoms with E-state index in [4.69, 9.17) is 4.74 Å². The Labute approximate surface area is 160 Å². The van der Waals surface area contributed by atoms with Crippen molar-refractivity contribution in [1.82, 2.24) is 9.80 Å². The van der Waals surface area contributed by atoms with Gasteiger partial charge < -0.3 is 19.9 Å². The van der Waals surface area contributed by atoms with Crippen LogP contribution in [-0.2, 0) is 9.53 Å². The van der Waals surface area contributed by atoms with Crippen molar-refractivity contribution < 1.29 is 14.3 Å². The van der Waals surface area contributed by atoms with Crippen LogP contribution < -0.4 is 5.32 Å². The van der Waals surface area contributed by atoms with Crippen LogP contribution in [-0.4, -0.2) is 59.6 Å². The van der Waals surface area contributed by atoms with Crippen LogP contribution in [0, 0.1) is 5.92 Å². The fraction of sp³-hybridized carbons (Fsp3) is 0.619. The molecule has 3 aliphatic rings. The molecule has 3 amide bonds. The van der Waals surface area contributed by atoms with Gasteiger partial charge in [0.15, 0.2) is 0 Å². The molecule has 6 nitrogen and oxygen atoms in total. The van der Waals surface area contributed by atoms with Gasteiger partial charge in [-0.2, -0.15) is 0 Å². The Morgan fingerprint density at radius 2 is 1.81 bits per heavy atom. The van der Waals surface area contributed by atoms with Gasteiger partial charge in [0.05, 0.1) is 5.60 Å². The van der Waals surface area contributed by atoms with E-state index in [2.05, 4.69) is 12.2 Å². The summed E-state index contributed by atoms with van der Waals surface area (Å²) in [7, 11) is 0. The van der Waals surface area contributed by atoms with Crippen molar-refractivity contribution in [3.05, 3.63) is 30.3 Å². The van der Waals surface area contributed by atoms with Crippen molar-refractivity contribution >= 4 is 17.6 Å². The molecule has 1 spiro atoms. The van der Waals surface area contributed by atoms with Crippen molar-refractivity contribution in [1.29, 1.82) is 0 Å². The highest BCUT2D eigenvalue weighted by atomic mass is 16.5. The predicted octanol–water partition coefficient (Wildman–Crippen LogP) is 3.10. The quantitative estimate of drug-likeness (QED) is 0.869. The second-order valence-corrected chi connectivity index (χ2v) is 8.14. The lowest BCUT2D eigenvalue weighted by Crippen LogP contribution is -2.54. The van der Waals surface area contributed by atoms with Crippen LogP contribution in [0.2, 0.25) is 0 Å². The summed E-state index contributed by atoms with van der Waals surface area (Å²) >= 11 is 0. The largest absolute Gasteiger partial charge is 0.362 e. The number of nitrogens with one attached hydrogen (secondary N) is 1. The molecule has 3 atom stereocenters. The summed E-state index contributed by atoms with van der Waals surface area (Å²) in [6, 6.07) is 9.47. The zero-order valence-corrected chi connectivity index (χ0v) is 16.0. The number of benzene rings is 1. The molecular weight excluding hydrogens is 342 g/mol. The van der Waals surface area contributed by atoms with Crippen molar-refractivity contribution in [3.8, 4) is 0 Å². The SMILES string of the molecule is CC1CN(C(=O)Nc2ccccc2)CCC12CCC(C(=O)N1CCCC1)O2. The number of ether oxygens (including phenoxy) is 1. The van der Waals surface area contributed by atoms with E-state index >= 15 is 0 Å². The maximum atomic E-state index is 12.7. The van der Waals surface area contributed by atoms with E-state index in [0.717, 1.165) is 50.9 Å². The standard InChI is InChI=1S/C21H29N3O3/c1-16-15-24(20(26)22-17-7-3-2-4-8-17)14-11-21(16)10-9-18(27-21)19(25)23-12-5-6-13-23/h2-4,7-8,16,18H,5-6,9-15H2,1H3,(H,22,26). The fourth-order valence-electron chi connectivity index (χ4n) is 4.71. The Kier molecular flexibility index (Phi) is 5.08. The first-order chi connectivity index (χ1) is 13.1. The molecular formula is C21H29N3O3. The predicted molar refractivity (Wildman–Crippen MR) is 103 cm³/mol. The molecule has 0 saturated carbocycles. The summed E-state index contributed by atoms with van der Waals surface area (Å²) in [6.45, 7) is 5.20. The minimum absolute atomic E-state index is 0.0643. The van der Waals surface area contributed by atoms with Crippen LogP contribution in [0.5, 0.6) is 0 Å². The van der Waals surface area contributed by atoms with Crippen LogP contribution in [0.4, 0.5) is 10.5 Å². The Morgan fingerprint density at radius 3 is 2.52 bits per heavy atom. The van der Waals surface area contributed by atoms with Crippen molar-refractivity contribution in [2.75, 3.05) is 31.5 Å². The maximum Gasteiger partial charge on any atom is 0.321 e. The number of rotatable bonds is 2. The number of carbonyl (C=O) groups is 2. The van der Waals surface area contributed by atoms with Gasteiger partial charge in [0.2, 0.25) is 0 Å². The van der Waals surface area contributed by atoms with E-state index < -0.39 is 0 Å². The molecule has 4 rings (SSSR count). The number of anilines is 1. The number of hydrogen-bond acceptors (Lipinski definition) is 3. The van der Waals surface area contributed by atoms with Gasteiger partial charge in [-0.3, -0.25) is 4.79 Å². The van der Waals surface area contributed by atoms with Crippen LogP contribution >= 0.6 is 0 Å². The van der Waals surface area contributed by atoms with Gasteiger partial charge >= 0.3 is 6.03 Å². The first-order valence-electron chi connectivity index (χ1n) is 10.1. The van der Waals surface area contributed by atoms with Gasteiger partial charge in [-0.15, -0.1) is 0 Å². The molecule has 0 aliphatic carbocycles. The highest BCUT2D eigenvalue weighted by Crippen LogP contribution is 2.43. The maximum absolute atomic E-state index is 12.7. The number of nitrogens with zero attached hydrogens (tertiary/aromatic N) is 2. The monoisotopic (exact) mass is 371 g/mol. The third kappa shape index (κ3) is 3.68. The van der Waals surface area contributed by atoms with Gasteiger partial charge in [0.25, 0.3) is 5.91 Å². The minimum Gasteiger partial charge on any atom is -0.362 e. The molecule has 3 fully saturated rings. The molecule has 3 saturated heterocycles. The molecule has 1 aromatic rings. The Morgan fingerprint density at radius 1 is 1.07 bits per heavy atom. The van der Waals surface area contributed by atoms with Crippen LogP contribution in [0.3, 0.4) is 0 Å². The van der Waals surface area contributed by atoms with Gasteiger partial charge in [-0.1, -0.05) is 25.1 Å². The van der Waals surface area contributed by atoms with Crippen LogP contribution in [0.1, 0.15) is 39.0 Å². The third-order valence-corrected chi connectivity index (χ3v) is 6.41. The Bertz CT molecular complexity index is 689. The lowest BCUT2D eigenvalue weighted by molar-refractivity contribution is -0.154. The number of hydrogen-bond donors (Lipinski definition) is 1. The summed E-state index contributed by atoms with van der Waals surface area (Å²) < 4.78 is 6.37. The minimum atomic E-state index is -0.296. The highest BCUT2D eigenvalue weighted by Gasteiger charge is 2.50. The van der Waals surface area contributed by atoms with E-state index in [1.165, 1.54) is 0 Å². The molecule has 0 aromatic heterocycles. The molecule has 0 radical (unpaired) electrons. The first-order valence-corrected chi connectivity index (χ1v) is 10.1. The van der Waals surface area contributed by atoms with Gasteiger partial charge in [0, 0.05) is 37.8 Å². The van der Waals surface area contributed by atoms with E-state index in [-0.39, 0.29) is 29.6 Å². The summed E-state index contributed by atoms with van der Waals surface area (Å²) in [6.07, 6.45) is 4.41. The molecule has 6 heteroatoms. The van der Waals surface area contributed by atoms with E-state index in [0.29, 0.717) is 13.1 Å². The smallest absolute Gasteiger partial charge is 0.321 e. The summed E-state index contributed by atoms with van der Waals surface area (Å²) in [5, 5.41) is 2.96. The van der Waals surface area contributed by atoms with E-state index in [1.54, 1.807) is 0 Å². The van der Waals surface area contributed by atoms with Crippen molar-refractivity contribution in [2.45, 2.75) is 50.7 Å². The summed E-state index contributed by atoms with van der Waals surface area (Å²) in [4.78, 5) is 29.1. The average molecular weight is 371 g/mol. The molecule has 3 unspecified atom stereocenters. The molecule has 1 N–H and O–H groups in total. The zero-order valence-electron chi connectivity index (χ0n) is 16.0. The van der Waals surface area contributed by atoms with E-state index in [1.807, 2.05) is 40.1 Å². The van der Waals surface area contributed by atoms with Gasteiger partial charge in [-0.05, 0) is 44.2 Å². The van der Waals surface area contributed by atoms with E-state index in [9.17, 15) is 9.59 Å². The lowest BCUT2D eigenvalue weighted by atomic mass is 9.80. The van der Waals surface area contributed by atoms with Crippen molar-refractivity contribution in [3.63, 3.8) is 0 Å². The summed E-state index contributed by atoms with van der Waals surface area (Å²) in [5.74, 6) is 0.380. The number of carbonyl (C=O) groups excluding carboxylic acids is 2. The Balaban J connectivity index is 1.34. The summed E-state index contributed by atoms with van der Waals surface area (Å²) in [5.41, 5.74) is 0.549.